The third kappa shape index (κ3) is 3.66. The van der Waals surface area contributed by atoms with Crippen molar-refractivity contribution in [3.05, 3.63) is 54.2 Å². The van der Waals surface area contributed by atoms with E-state index >= 15 is 0 Å². The Balaban J connectivity index is 1.72. The van der Waals surface area contributed by atoms with Gasteiger partial charge < -0.3 is 10.6 Å². The van der Waals surface area contributed by atoms with Crippen molar-refractivity contribution < 1.29 is 17.2 Å². The summed E-state index contributed by atoms with van der Waals surface area (Å²) in [5, 5.41) is 13.4. The van der Waals surface area contributed by atoms with E-state index in [0.29, 0.717) is 33.7 Å². The average Bonchev–Trinajstić information content (AvgIpc) is 3.11. The Morgan fingerprint density at radius 2 is 1.90 bits per heavy atom. The lowest BCUT2D eigenvalue weighted by molar-refractivity contribution is 0.571. The van der Waals surface area contributed by atoms with Crippen molar-refractivity contribution in [1.29, 1.82) is 0 Å². The van der Waals surface area contributed by atoms with Crippen LogP contribution in [0, 0.1) is 11.6 Å². The zero-order valence-corrected chi connectivity index (χ0v) is 16.7. The fourth-order valence-corrected chi connectivity index (χ4v) is 3.76. The highest BCUT2D eigenvalue weighted by atomic mass is 32.2. The van der Waals surface area contributed by atoms with Gasteiger partial charge in [-0.05, 0) is 36.4 Å². The fourth-order valence-electron chi connectivity index (χ4n) is 2.99. The van der Waals surface area contributed by atoms with E-state index in [1.165, 1.54) is 30.5 Å². The first kappa shape index (κ1) is 19.7. The second kappa shape index (κ2) is 7.34. The molecule has 154 valence electrons. The van der Waals surface area contributed by atoms with Crippen LogP contribution in [0.15, 0.2) is 47.5 Å². The second-order valence-corrected chi connectivity index (χ2v) is 8.49. The van der Waals surface area contributed by atoms with E-state index in [1.54, 1.807) is 13.1 Å². The minimum Gasteiger partial charge on any atom is -0.372 e. The van der Waals surface area contributed by atoms with Gasteiger partial charge in [-0.25, -0.2) is 22.2 Å². The fraction of sp³-hybridized carbons (Fsp3) is 0.105. The third-order valence-electron chi connectivity index (χ3n) is 4.39. The van der Waals surface area contributed by atoms with E-state index in [2.05, 4.69) is 30.8 Å². The van der Waals surface area contributed by atoms with Gasteiger partial charge in [0.05, 0.1) is 11.1 Å². The molecule has 4 rings (SSSR count). The summed E-state index contributed by atoms with van der Waals surface area (Å²) < 4.78 is 50.9. The van der Waals surface area contributed by atoms with Crippen LogP contribution in [0.2, 0.25) is 0 Å². The lowest BCUT2D eigenvalue weighted by Crippen LogP contribution is -2.05. The van der Waals surface area contributed by atoms with Gasteiger partial charge in [-0.1, -0.05) is 0 Å². The predicted octanol–water partition coefficient (Wildman–Crippen LogP) is 3.49. The molecule has 11 heteroatoms. The van der Waals surface area contributed by atoms with E-state index in [0.717, 1.165) is 12.3 Å². The molecule has 0 atom stereocenters. The normalized spacial score (nSPS) is 11.6. The molecule has 0 radical (unpaired) electrons. The topological polar surface area (TPSA) is 113 Å². The highest BCUT2D eigenvalue weighted by Crippen LogP contribution is 2.31. The SMILES string of the molecule is CNc1nc(Nc2ccc(F)c(S(C)(=O)=O)c2)ncc1-c1n[nH]c2ccc(F)cc12. The molecule has 0 amide bonds. The van der Waals surface area contributed by atoms with Crippen LogP contribution in [0.4, 0.5) is 26.2 Å². The van der Waals surface area contributed by atoms with Crippen LogP contribution in [0.25, 0.3) is 22.2 Å². The number of aromatic amines is 1. The van der Waals surface area contributed by atoms with Crippen LogP contribution in [0.5, 0.6) is 0 Å². The molecule has 0 aliphatic heterocycles. The van der Waals surface area contributed by atoms with Crippen LogP contribution in [0.3, 0.4) is 0 Å². The molecule has 0 bridgehead atoms. The van der Waals surface area contributed by atoms with Crippen molar-refractivity contribution in [2.45, 2.75) is 4.90 Å². The Morgan fingerprint density at radius 3 is 2.63 bits per heavy atom. The van der Waals surface area contributed by atoms with Gasteiger partial charge in [0, 0.05) is 30.6 Å². The van der Waals surface area contributed by atoms with E-state index in [9.17, 15) is 17.2 Å². The Kier molecular flexibility index (Phi) is 4.82. The number of benzene rings is 2. The lowest BCUT2D eigenvalue weighted by Gasteiger charge is -2.11. The van der Waals surface area contributed by atoms with Crippen molar-refractivity contribution in [3.63, 3.8) is 0 Å². The first-order valence-electron chi connectivity index (χ1n) is 8.71. The Hall–Kier alpha value is -3.60. The smallest absolute Gasteiger partial charge is 0.229 e. The summed E-state index contributed by atoms with van der Waals surface area (Å²) in [7, 11) is -2.07. The average molecular weight is 430 g/mol. The number of sulfone groups is 1. The maximum Gasteiger partial charge on any atom is 0.229 e. The molecule has 2 aromatic carbocycles. The molecule has 0 aliphatic rings. The number of halogens is 2. The molecule has 0 unspecified atom stereocenters. The molecule has 4 aromatic rings. The van der Waals surface area contributed by atoms with Crippen LogP contribution in [-0.4, -0.2) is 41.9 Å². The molecule has 30 heavy (non-hydrogen) atoms. The Bertz CT molecular complexity index is 1370. The summed E-state index contributed by atoms with van der Waals surface area (Å²) in [5.74, 6) is -0.669. The predicted molar refractivity (Wildman–Crippen MR) is 109 cm³/mol. The third-order valence-corrected chi connectivity index (χ3v) is 5.50. The van der Waals surface area contributed by atoms with Gasteiger partial charge in [0.25, 0.3) is 0 Å². The molecule has 8 nitrogen and oxygen atoms in total. The number of aromatic nitrogens is 4. The monoisotopic (exact) mass is 430 g/mol. The molecule has 2 heterocycles. The van der Waals surface area contributed by atoms with Crippen LogP contribution >= 0.6 is 0 Å². The van der Waals surface area contributed by atoms with Crippen molar-refractivity contribution in [3.8, 4) is 11.3 Å². The summed E-state index contributed by atoms with van der Waals surface area (Å²) in [4.78, 5) is 8.16. The standard InChI is InChI=1S/C19H16F2N6O2S/c1-22-18-13(17-12-7-10(20)3-6-15(12)26-27-17)9-23-19(25-18)24-11-4-5-14(21)16(8-11)30(2,28)29/h3-9H,1-2H3,(H,26,27)(H2,22,23,24,25). The maximum atomic E-state index is 13.8. The molecule has 0 aliphatic carbocycles. The van der Waals surface area contributed by atoms with E-state index in [1.807, 2.05) is 0 Å². The van der Waals surface area contributed by atoms with Crippen molar-refractivity contribution in [1.82, 2.24) is 20.2 Å². The number of anilines is 3. The van der Waals surface area contributed by atoms with E-state index in [4.69, 9.17) is 0 Å². The summed E-state index contributed by atoms with van der Waals surface area (Å²) >= 11 is 0. The van der Waals surface area contributed by atoms with E-state index < -0.39 is 26.4 Å². The second-order valence-electron chi connectivity index (χ2n) is 6.51. The highest BCUT2D eigenvalue weighted by Gasteiger charge is 2.17. The van der Waals surface area contributed by atoms with Gasteiger partial charge in [0.15, 0.2) is 9.84 Å². The number of H-pyrrole nitrogens is 1. The quantitative estimate of drug-likeness (QED) is 0.444. The molecule has 0 saturated heterocycles. The number of hydrogen-bond acceptors (Lipinski definition) is 7. The van der Waals surface area contributed by atoms with Gasteiger partial charge in [-0.2, -0.15) is 10.1 Å². The minimum absolute atomic E-state index is 0.153. The Morgan fingerprint density at radius 1 is 1.10 bits per heavy atom. The molecule has 0 saturated carbocycles. The van der Waals surface area contributed by atoms with Crippen LogP contribution in [-0.2, 0) is 9.84 Å². The molecule has 3 N–H and O–H groups in total. The van der Waals surface area contributed by atoms with Crippen molar-refractivity contribution in [2.24, 2.45) is 0 Å². The van der Waals surface area contributed by atoms with Crippen LogP contribution in [0.1, 0.15) is 0 Å². The van der Waals surface area contributed by atoms with E-state index in [-0.39, 0.29) is 5.95 Å². The molecular weight excluding hydrogens is 414 g/mol. The number of nitrogens with one attached hydrogen (secondary N) is 3. The van der Waals surface area contributed by atoms with Crippen LogP contribution < -0.4 is 10.6 Å². The van der Waals surface area contributed by atoms with Gasteiger partial charge >= 0.3 is 0 Å². The van der Waals surface area contributed by atoms with Gasteiger partial charge in [0.2, 0.25) is 5.95 Å². The van der Waals surface area contributed by atoms with Crippen molar-refractivity contribution >= 4 is 38.2 Å². The molecular formula is C19H16F2N6O2S. The zero-order valence-electron chi connectivity index (χ0n) is 15.9. The summed E-state index contributed by atoms with van der Waals surface area (Å²) in [5.41, 5.74) is 1.98. The number of rotatable bonds is 5. The van der Waals surface area contributed by atoms with Crippen molar-refractivity contribution in [2.75, 3.05) is 23.9 Å². The molecule has 0 spiro atoms. The highest BCUT2D eigenvalue weighted by molar-refractivity contribution is 7.90. The Labute approximate surface area is 170 Å². The largest absolute Gasteiger partial charge is 0.372 e. The molecule has 2 aromatic heterocycles. The summed E-state index contributed by atoms with van der Waals surface area (Å²) in [6.07, 6.45) is 2.43. The number of fused-ring (bicyclic) bond motifs is 1. The lowest BCUT2D eigenvalue weighted by atomic mass is 10.1. The first-order valence-corrected chi connectivity index (χ1v) is 10.6. The number of nitrogens with zero attached hydrogens (tertiary/aromatic N) is 3. The van der Waals surface area contributed by atoms with Gasteiger partial charge in [-0.15, -0.1) is 0 Å². The molecule has 0 fully saturated rings. The van der Waals surface area contributed by atoms with Gasteiger partial charge in [0.1, 0.15) is 28.0 Å². The summed E-state index contributed by atoms with van der Waals surface area (Å²) in [6.45, 7) is 0. The minimum atomic E-state index is -3.73. The maximum absolute atomic E-state index is 13.8. The number of hydrogen-bond donors (Lipinski definition) is 3. The zero-order chi connectivity index (χ0) is 21.5. The first-order chi connectivity index (χ1) is 14.3. The summed E-state index contributed by atoms with van der Waals surface area (Å²) in [6, 6.07) is 7.89. The van der Waals surface area contributed by atoms with Gasteiger partial charge in [-0.3, -0.25) is 5.10 Å².